The first kappa shape index (κ1) is 58.1. The number of amides is 2. The Morgan fingerprint density at radius 1 is 0.831 bits per heavy atom. The molecule has 22 heteroatoms. The summed E-state index contributed by atoms with van der Waals surface area (Å²) in [6.45, 7) is 8.74. The average molecular weight is 1100 g/mol. The summed E-state index contributed by atoms with van der Waals surface area (Å²) in [5.74, 6) is -7.30. The molecule has 4 N–H and O–H groups in total. The minimum absolute atomic E-state index is 0.0223. The fourth-order valence-corrected chi connectivity index (χ4v) is 13.1. The second kappa shape index (κ2) is 24.0. The number of hydrogen-bond donors (Lipinski definition) is 4. The van der Waals surface area contributed by atoms with Gasteiger partial charge in [0.05, 0.1) is 35.6 Å². The van der Waals surface area contributed by atoms with Gasteiger partial charge in [0.1, 0.15) is 42.8 Å². The molecule has 0 radical (unpaired) electrons. The Bertz CT molecular complexity index is 2760. The minimum Gasteiger partial charge on any atom is -0.455 e. The molecule has 0 unspecified atom stereocenters. The van der Waals surface area contributed by atoms with E-state index in [0.29, 0.717) is 6.29 Å². The third kappa shape index (κ3) is 11.8. The lowest BCUT2D eigenvalue weighted by atomic mass is 9.44. The van der Waals surface area contributed by atoms with Crippen LogP contribution >= 0.6 is 21.6 Å². The highest BCUT2D eigenvalue weighted by Crippen LogP contribution is 2.64. The fraction of sp³-hybridized carbons (Fsp3) is 0.473. The summed E-state index contributed by atoms with van der Waals surface area (Å²) in [6, 6.07) is 21.5. The quantitative estimate of drug-likeness (QED) is 0.0307. The van der Waals surface area contributed by atoms with Crippen molar-refractivity contribution in [2.75, 3.05) is 24.7 Å². The van der Waals surface area contributed by atoms with Crippen molar-refractivity contribution in [1.82, 2.24) is 10.6 Å². The molecule has 7 rings (SSSR count). The van der Waals surface area contributed by atoms with Gasteiger partial charge in [-0.1, -0.05) is 102 Å². The summed E-state index contributed by atoms with van der Waals surface area (Å²) in [4.78, 5) is 123. The normalized spacial score (nSPS) is 28.1. The lowest BCUT2D eigenvalue weighted by molar-refractivity contribution is -0.346. The Hall–Kier alpha value is -6.59. The molecule has 4 aliphatic rings. The molecular formula is C55H62N2O18S2. The van der Waals surface area contributed by atoms with Gasteiger partial charge in [-0.3, -0.25) is 24.0 Å². The predicted octanol–water partition coefficient (Wildman–Crippen LogP) is 4.98. The summed E-state index contributed by atoms with van der Waals surface area (Å²) in [6.07, 6.45) is -11.9. The van der Waals surface area contributed by atoms with Crippen molar-refractivity contribution in [3.05, 3.63) is 119 Å². The van der Waals surface area contributed by atoms with E-state index in [1.807, 2.05) is 0 Å². The Balaban J connectivity index is 1.33. The molecule has 2 bridgehead atoms. The van der Waals surface area contributed by atoms with Crippen molar-refractivity contribution in [3.63, 3.8) is 0 Å². The number of carbonyl (C=O) groups is 9. The molecule has 0 spiro atoms. The van der Waals surface area contributed by atoms with E-state index < -0.39 is 125 Å². The second-order valence-electron chi connectivity index (χ2n) is 20.1. The van der Waals surface area contributed by atoms with Gasteiger partial charge >= 0.3 is 30.0 Å². The van der Waals surface area contributed by atoms with Crippen LogP contribution in [0.4, 0.5) is 4.79 Å². The molecule has 1 saturated heterocycles. The Morgan fingerprint density at radius 2 is 1.45 bits per heavy atom. The molecule has 3 fully saturated rings. The van der Waals surface area contributed by atoms with Gasteiger partial charge in [0.2, 0.25) is 12.0 Å². The van der Waals surface area contributed by atoms with Crippen LogP contribution in [-0.4, -0.2) is 143 Å². The maximum atomic E-state index is 15.8. The van der Waals surface area contributed by atoms with Crippen LogP contribution in [0.5, 0.6) is 0 Å². The molecular weight excluding hydrogens is 1040 g/mol. The average Bonchev–Trinajstić information content (AvgIpc) is 3.58. The first-order valence-electron chi connectivity index (χ1n) is 24.8. The van der Waals surface area contributed by atoms with Gasteiger partial charge in [0.15, 0.2) is 17.5 Å². The van der Waals surface area contributed by atoms with Gasteiger partial charge < -0.3 is 58.8 Å². The molecule has 3 aromatic carbocycles. The Labute approximate surface area is 452 Å². The lowest BCUT2D eigenvalue weighted by Gasteiger charge is -2.67. The third-order valence-electron chi connectivity index (χ3n) is 15.0. The summed E-state index contributed by atoms with van der Waals surface area (Å²) in [5, 5.41) is 31.5. The van der Waals surface area contributed by atoms with Crippen molar-refractivity contribution in [2.45, 2.75) is 121 Å². The van der Waals surface area contributed by atoms with Crippen molar-refractivity contribution in [1.29, 1.82) is 0 Å². The number of benzene rings is 3. The van der Waals surface area contributed by atoms with Gasteiger partial charge in [-0.05, 0) is 54.8 Å². The van der Waals surface area contributed by atoms with E-state index in [-0.39, 0.29) is 64.9 Å². The van der Waals surface area contributed by atoms with Gasteiger partial charge in [-0.15, -0.1) is 0 Å². The second-order valence-corrected chi connectivity index (χ2v) is 22.7. The summed E-state index contributed by atoms with van der Waals surface area (Å²) < 4.78 is 42.0. The van der Waals surface area contributed by atoms with Crippen molar-refractivity contribution < 1.29 is 86.5 Å². The number of hydrogen-bond acceptors (Lipinski definition) is 20. The monoisotopic (exact) mass is 1100 g/mol. The van der Waals surface area contributed by atoms with Crippen LogP contribution in [0.2, 0.25) is 0 Å². The number of ketones is 1. The van der Waals surface area contributed by atoms with Crippen LogP contribution in [0.1, 0.15) is 93.6 Å². The smallest absolute Gasteiger partial charge is 0.455 e. The molecule has 1 aliphatic heterocycles. The molecule has 77 heavy (non-hydrogen) atoms. The van der Waals surface area contributed by atoms with Crippen LogP contribution in [0, 0.1) is 16.7 Å². The van der Waals surface area contributed by atoms with Crippen LogP contribution < -0.4 is 10.6 Å². The largest absolute Gasteiger partial charge is 0.509 e. The van der Waals surface area contributed by atoms with Gasteiger partial charge in [-0.25, -0.2) is 14.4 Å². The number of fused-ring (bicyclic) bond motifs is 5. The SMILES string of the molecule is CC(=O)N[C@@H](C=O)CSSCCOC(=O)O[C@@H](C(=O)O[C@H]1C[C@@]2(O)[C@@H](OC(=O)c3ccccc3)[C@@H]3[C@]4(OC(C)=O)CO[C@@H]4C[C@H](O)[C@@]3(C)C(=O)[C@H](OC(C)=O)C(=C1C)C2(C)C)[C@@H](NC(=O)c1ccccc1)c1ccccc1. The highest BCUT2D eigenvalue weighted by Gasteiger charge is 2.78. The summed E-state index contributed by atoms with van der Waals surface area (Å²) in [5.41, 5.74) is -7.78. The number of nitrogens with one attached hydrogen (secondary N) is 2. The van der Waals surface area contributed by atoms with E-state index in [9.17, 15) is 43.8 Å². The molecule has 3 aliphatic carbocycles. The highest BCUT2D eigenvalue weighted by molar-refractivity contribution is 8.76. The topological polar surface area (TPSA) is 283 Å². The summed E-state index contributed by atoms with van der Waals surface area (Å²) >= 11 is 0. The Morgan fingerprint density at radius 3 is 2.03 bits per heavy atom. The number of carbonyl (C=O) groups excluding carboxylic acids is 9. The van der Waals surface area contributed by atoms with E-state index in [4.69, 9.17) is 33.2 Å². The molecule has 20 nitrogen and oxygen atoms in total. The van der Waals surface area contributed by atoms with Gasteiger partial charge in [0, 0.05) is 56.1 Å². The Kier molecular flexibility index (Phi) is 18.1. The number of aliphatic hydroxyl groups excluding tert-OH is 1. The van der Waals surface area contributed by atoms with E-state index >= 15 is 9.59 Å². The number of aldehydes is 1. The van der Waals surface area contributed by atoms with E-state index in [2.05, 4.69) is 10.6 Å². The van der Waals surface area contributed by atoms with Crippen molar-refractivity contribution in [3.8, 4) is 0 Å². The number of ether oxygens (including phenoxy) is 7. The maximum Gasteiger partial charge on any atom is 0.509 e. The molecule has 12 atom stereocenters. The molecule has 1 heterocycles. The standard InChI is InChI=1S/C55H62N2O18S2/c1-30-38(72-50(66)44(73-51(67)69-23-24-76-77-28-37(27-58)56-31(2)59)42(34-17-11-8-12-18-34)57-48(64)35-19-13-9-14-20-35)26-55(68)47(74-49(65)36-21-15-10-16-22-36)45-53(7,39(62)25-40-54(45,29-70-40)75-33(4)61)46(63)43(71-32(3)60)41(30)52(55,5)6/h8-22,27,37-40,42-45,47,62,68H,23-26,28-29H2,1-7H3,(H,56,59)(H,57,64)/t37-,38-,39-,40+,42-,43+,44+,45-,47-,53+,54-,55+/m0/s1. The van der Waals surface area contributed by atoms with Crippen LogP contribution in [0.15, 0.2) is 102 Å². The zero-order valence-electron chi connectivity index (χ0n) is 43.4. The van der Waals surface area contributed by atoms with E-state index in [1.54, 1.807) is 66.7 Å². The third-order valence-corrected chi connectivity index (χ3v) is 17.4. The zero-order chi connectivity index (χ0) is 56.0. The van der Waals surface area contributed by atoms with Crippen LogP contribution in [0.25, 0.3) is 0 Å². The van der Waals surface area contributed by atoms with Gasteiger partial charge in [-0.2, -0.15) is 0 Å². The summed E-state index contributed by atoms with van der Waals surface area (Å²) in [7, 11) is 2.44. The number of Topliss-reactive ketones (excluding diaryl/α,β-unsaturated/α-hetero) is 1. The number of rotatable bonds is 19. The predicted molar refractivity (Wildman–Crippen MR) is 276 cm³/mol. The van der Waals surface area contributed by atoms with E-state index in [1.165, 1.54) is 80.5 Å². The first-order valence-corrected chi connectivity index (χ1v) is 27.3. The molecule has 412 valence electrons. The molecule has 0 aromatic heterocycles. The number of aliphatic hydroxyl groups is 2. The number of esters is 4. The van der Waals surface area contributed by atoms with E-state index in [0.717, 1.165) is 13.8 Å². The molecule has 3 aromatic rings. The minimum atomic E-state index is -2.51. The lowest BCUT2D eigenvalue weighted by Crippen LogP contribution is -2.82. The molecule has 2 saturated carbocycles. The highest BCUT2D eigenvalue weighted by atomic mass is 33.1. The van der Waals surface area contributed by atoms with Crippen molar-refractivity contribution >= 4 is 75.5 Å². The zero-order valence-corrected chi connectivity index (χ0v) is 45.1. The molecule has 2 amide bonds. The maximum absolute atomic E-state index is 15.8. The van der Waals surface area contributed by atoms with Crippen molar-refractivity contribution in [2.24, 2.45) is 16.7 Å². The van der Waals surface area contributed by atoms with Gasteiger partial charge in [0.25, 0.3) is 5.91 Å². The first-order chi connectivity index (χ1) is 36.5. The van der Waals surface area contributed by atoms with Crippen LogP contribution in [-0.2, 0) is 61.9 Å². The van der Waals surface area contributed by atoms with Crippen LogP contribution in [0.3, 0.4) is 0 Å². The fourth-order valence-electron chi connectivity index (χ4n) is 11.1.